The second-order valence-corrected chi connectivity index (χ2v) is 3.72. The number of nitriles is 3. The van der Waals surface area contributed by atoms with Gasteiger partial charge in [0, 0.05) is 12.7 Å². The molecular formula is C14H11N5O. The van der Waals surface area contributed by atoms with E-state index in [0.717, 1.165) is 0 Å². The first kappa shape index (κ1) is 14.8. The number of carbonyl (C=O) groups is 1. The first-order valence-corrected chi connectivity index (χ1v) is 5.66. The second kappa shape index (κ2) is 7.20. The Labute approximate surface area is 116 Å². The van der Waals surface area contributed by atoms with Crippen LogP contribution in [0.15, 0.2) is 35.5 Å². The van der Waals surface area contributed by atoms with Crippen molar-refractivity contribution in [3.05, 3.63) is 41.1 Å². The molecule has 20 heavy (non-hydrogen) atoms. The number of nitrogens with one attached hydrogen (secondary N) is 2. The Morgan fingerprint density at radius 3 is 2.35 bits per heavy atom. The number of likely N-dealkylation sites (N-methyl/N-ethyl adjacent to an activating group) is 1. The number of rotatable bonds is 4. The molecule has 0 fully saturated rings. The van der Waals surface area contributed by atoms with Crippen LogP contribution in [0.5, 0.6) is 0 Å². The third-order valence-corrected chi connectivity index (χ3v) is 2.49. The molecule has 6 heteroatoms. The number of allylic oxidation sites excluding steroid dienone is 2. The highest BCUT2D eigenvalue weighted by Crippen LogP contribution is 2.18. The molecule has 0 spiro atoms. The molecule has 0 aromatic heterocycles. The highest BCUT2D eigenvalue weighted by Gasteiger charge is 2.10. The summed E-state index contributed by atoms with van der Waals surface area (Å²) in [5.41, 5.74) is 0.729. The van der Waals surface area contributed by atoms with Crippen LogP contribution in [-0.4, -0.2) is 13.0 Å². The summed E-state index contributed by atoms with van der Waals surface area (Å²) in [6.07, 6.45) is 0.132. The maximum absolute atomic E-state index is 11.4. The lowest BCUT2D eigenvalue weighted by Gasteiger charge is -2.10. The average molecular weight is 265 g/mol. The third-order valence-electron chi connectivity index (χ3n) is 2.49. The molecule has 0 aliphatic rings. The molecule has 0 heterocycles. The van der Waals surface area contributed by atoms with E-state index in [-0.39, 0.29) is 23.6 Å². The van der Waals surface area contributed by atoms with Gasteiger partial charge in [0.15, 0.2) is 5.57 Å². The van der Waals surface area contributed by atoms with Crippen LogP contribution in [0.4, 0.5) is 5.69 Å². The van der Waals surface area contributed by atoms with Gasteiger partial charge in [-0.1, -0.05) is 18.2 Å². The number of hydrogen-bond donors (Lipinski definition) is 2. The number of anilines is 1. The number of nitrogens with zero attached hydrogens (tertiary/aromatic N) is 3. The van der Waals surface area contributed by atoms with Crippen molar-refractivity contribution < 1.29 is 4.79 Å². The summed E-state index contributed by atoms with van der Waals surface area (Å²) in [6, 6.07) is 11.9. The molecule has 0 saturated carbocycles. The van der Waals surface area contributed by atoms with Crippen LogP contribution in [0.25, 0.3) is 0 Å². The summed E-state index contributed by atoms with van der Waals surface area (Å²) in [7, 11) is 1.53. The number of benzene rings is 1. The van der Waals surface area contributed by atoms with E-state index < -0.39 is 0 Å². The molecule has 0 bridgehead atoms. The lowest BCUT2D eigenvalue weighted by Crippen LogP contribution is -2.20. The number of carbonyl (C=O) groups excluding carboxylic acids is 1. The van der Waals surface area contributed by atoms with Crippen molar-refractivity contribution in [1.82, 2.24) is 5.32 Å². The molecule has 1 amide bonds. The van der Waals surface area contributed by atoms with E-state index in [2.05, 4.69) is 10.6 Å². The molecule has 6 nitrogen and oxygen atoms in total. The van der Waals surface area contributed by atoms with Crippen molar-refractivity contribution in [3.8, 4) is 18.2 Å². The highest BCUT2D eigenvalue weighted by atomic mass is 16.1. The largest absolute Gasteiger partial charge is 0.359 e. The molecule has 0 unspecified atom stereocenters. The van der Waals surface area contributed by atoms with Crippen molar-refractivity contribution in [2.45, 2.75) is 6.42 Å². The molecule has 0 aliphatic heterocycles. The Hall–Kier alpha value is -3.30. The zero-order valence-electron chi connectivity index (χ0n) is 10.8. The van der Waals surface area contributed by atoms with Gasteiger partial charge in [0.25, 0.3) is 0 Å². The van der Waals surface area contributed by atoms with Gasteiger partial charge in [0.1, 0.15) is 23.9 Å². The Balaban J connectivity index is 3.14. The molecule has 1 aromatic carbocycles. The maximum Gasteiger partial charge on any atom is 0.224 e. The van der Waals surface area contributed by atoms with Gasteiger partial charge in [-0.3, -0.25) is 4.79 Å². The number of para-hydroxylation sites is 1. The second-order valence-electron chi connectivity index (χ2n) is 3.72. The monoisotopic (exact) mass is 265 g/mol. The average Bonchev–Trinajstić information content (AvgIpc) is 2.48. The fourth-order valence-corrected chi connectivity index (χ4v) is 1.48. The molecule has 2 N–H and O–H groups in total. The standard InChI is InChI=1S/C14H11N5O/c1-18-14(20)6-10-4-2-3-5-12(10)19-13(9-17)11(7-15)8-16/h2-5,19H,6H2,1H3,(H,18,20). The predicted octanol–water partition coefficient (Wildman–Crippen LogP) is 1.21. The van der Waals surface area contributed by atoms with Gasteiger partial charge in [-0.25, -0.2) is 0 Å². The van der Waals surface area contributed by atoms with Crippen LogP contribution in [0.2, 0.25) is 0 Å². The molecule has 0 radical (unpaired) electrons. The van der Waals surface area contributed by atoms with Gasteiger partial charge in [0.2, 0.25) is 5.91 Å². The van der Waals surface area contributed by atoms with Gasteiger partial charge in [-0.2, -0.15) is 15.8 Å². The minimum absolute atomic E-state index is 0.132. The quantitative estimate of drug-likeness (QED) is 0.794. The first-order chi connectivity index (χ1) is 9.65. The molecule has 0 atom stereocenters. The van der Waals surface area contributed by atoms with Gasteiger partial charge in [0.05, 0.1) is 6.42 Å². The van der Waals surface area contributed by atoms with E-state index in [9.17, 15) is 4.79 Å². The molecule has 1 aromatic rings. The Kier molecular flexibility index (Phi) is 5.32. The summed E-state index contributed by atoms with van der Waals surface area (Å²) in [5.74, 6) is -0.178. The maximum atomic E-state index is 11.4. The molecule has 1 rings (SSSR count). The van der Waals surface area contributed by atoms with Crippen molar-refractivity contribution in [2.75, 3.05) is 12.4 Å². The number of amides is 1. The van der Waals surface area contributed by atoms with Crippen LogP contribution in [0.3, 0.4) is 0 Å². The smallest absolute Gasteiger partial charge is 0.224 e. The van der Waals surface area contributed by atoms with Gasteiger partial charge in [-0.05, 0) is 11.6 Å². The SMILES string of the molecule is CNC(=O)Cc1ccccc1NC(C#N)=C(C#N)C#N. The van der Waals surface area contributed by atoms with E-state index in [1.165, 1.54) is 7.05 Å². The molecule has 98 valence electrons. The summed E-state index contributed by atoms with van der Waals surface area (Å²) in [5, 5.41) is 31.8. The van der Waals surface area contributed by atoms with Crippen molar-refractivity contribution in [3.63, 3.8) is 0 Å². The van der Waals surface area contributed by atoms with Crippen LogP contribution in [-0.2, 0) is 11.2 Å². The van der Waals surface area contributed by atoms with Crippen molar-refractivity contribution in [1.29, 1.82) is 15.8 Å². The summed E-state index contributed by atoms with van der Waals surface area (Å²) in [4.78, 5) is 11.4. The van der Waals surface area contributed by atoms with Gasteiger partial charge in [-0.15, -0.1) is 0 Å². The zero-order valence-corrected chi connectivity index (χ0v) is 10.8. The normalized spacial score (nSPS) is 8.50. The van der Waals surface area contributed by atoms with Crippen LogP contribution in [0, 0.1) is 34.0 Å². The summed E-state index contributed by atoms with van der Waals surface area (Å²) < 4.78 is 0. The Bertz CT molecular complexity index is 654. The van der Waals surface area contributed by atoms with E-state index in [1.807, 2.05) is 0 Å². The first-order valence-electron chi connectivity index (χ1n) is 5.66. The van der Waals surface area contributed by atoms with Crippen molar-refractivity contribution in [2.24, 2.45) is 0 Å². The van der Waals surface area contributed by atoms with Gasteiger partial charge >= 0.3 is 0 Å². The topological polar surface area (TPSA) is 112 Å². The van der Waals surface area contributed by atoms with E-state index in [4.69, 9.17) is 15.8 Å². The summed E-state index contributed by atoms with van der Waals surface area (Å²) >= 11 is 0. The third kappa shape index (κ3) is 3.60. The minimum Gasteiger partial charge on any atom is -0.359 e. The van der Waals surface area contributed by atoms with Crippen LogP contribution >= 0.6 is 0 Å². The van der Waals surface area contributed by atoms with Crippen LogP contribution < -0.4 is 10.6 Å². The van der Waals surface area contributed by atoms with E-state index >= 15 is 0 Å². The molecule has 0 saturated heterocycles. The fraction of sp³-hybridized carbons (Fsp3) is 0.143. The predicted molar refractivity (Wildman–Crippen MR) is 71.7 cm³/mol. The lowest BCUT2D eigenvalue weighted by atomic mass is 10.1. The van der Waals surface area contributed by atoms with Gasteiger partial charge < -0.3 is 10.6 Å². The minimum atomic E-state index is -0.303. The van der Waals surface area contributed by atoms with Crippen LogP contribution in [0.1, 0.15) is 5.56 Å². The zero-order chi connectivity index (χ0) is 15.0. The lowest BCUT2D eigenvalue weighted by molar-refractivity contribution is -0.119. The highest BCUT2D eigenvalue weighted by molar-refractivity contribution is 5.80. The number of hydrogen-bond acceptors (Lipinski definition) is 5. The van der Waals surface area contributed by atoms with E-state index in [1.54, 1.807) is 42.5 Å². The van der Waals surface area contributed by atoms with Crippen molar-refractivity contribution >= 4 is 11.6 Å². The Morgan fingerprint density at radius 2 is 1.80 bits per heavy atom. The Morgan fingerprint density at radius 1 is 1.15 bits per heavy atom. The fourth-order valence-electron chi connectivity index (χ4n) is 1.48. The molecular weight excluding hydrogens is 254 g/mol. The summed E-state index contributed by atoms with van der Waals surface area (Å²) in [6.45, 7) is 0. The molecule has 0 aliphatic carbocycles. The van der Waals surface area contributed by atoms with E-state index in [0.29, 0.717) is 11.3 Å².